The minimum atomic E-state index is 0.0501. The monoisotopic (exact) mass is 262 g/mol. The summed E-state index contributed by atoms with van der Waals surface area (Å²) >= 11 is 0. The lowest BCUT2D eigenvalue weighted by molar-refractivity contribution is -0.0864. The zero-order valence-electron chi connectivity index (χ0n) is 12.3. The molecule has 1 heterocycles. The molecule has 3 heteroatoms. The molecule has 3 nitrogen and oxygen atoms in total. The van der Waals surface area contributed by atoms with Gasteiger partial charge in [0, 0.05) is 12.6 Å². The maximum absolute atomic E-state index is 6.14. The molecule has 1 fully saturated rings. The normalized spacial score (nSPS) is 22.2. The van der Waals surface area contributed by atoms with E-state index in [0.29, 0.717) is 6.04 Å². The van der Waals surface area contributed by atoms with Crippen molar-refractivity contribution < 1.29 is 4.74 Å². The van der Waals surface area contributed by atoms with Crippen LogP contribution in [-0.4, -0.2) is 18.2 Å². The Balaban J connectivity index is 2.09. The summed E-state index contributed by atoms with van der Waals surface area (Å²) in [7, 11) is 0. The second-order valence-electron chi connectivity index (χ2n) is 5.61. The van der Waals surface area contributed by atoms with Gasteiger partial charge in [0.25, 0.3) is 0 Å². The number of rotatable bonds is 4. The zero-order chi connectivity index (χ0) is 13.9. The van der Waals surface area contributed by atoms with Crippen molar-refractivity contribution in [1.29, 1.82) is 0 Å². The first-order valence-electron chi connectivity index (χ1n) is 7.36. The van der Waals surface area contributed by atoms with E-state index >= 15 is 0 Å². The van der Waals surface area contributed by atoms with Crippen molar-refractivity contribution in [3.8, 4) is 0 Å². The lowest BCUT2D eigenvalue weighted by Gasteiger charge is -2.40. The van der Waals surface area contributed by atoms with Crippen LogP contribution in [0, 0.1) is 6.92 Å². The Bertz CT molecular complexity index is 427. The minimum Gasteiger partial charge on any atom is -0.397 e. The third-order valence-corrected chi connectivity index (χ3v) is 4.47. The SMILES string of the molecule is CCC1(CC)CC(Nc2cccc(C)c2N)CCO1. The highest BCUT2D eigenvalue weighted by Crippen LogP contribution is 2.33. The second kappa shape index (κ2) is 5.83. The van der Waals surface area contributed by atoms with Gasteiger partial charge in [0.15, 0.2) is 0 Å². The minimum absolute atomic E-state index is 0.0501. The highest BCUT2D eigenvalue weighted by Gasteiger charge is 2.34. The number of hydrogen-bond donors (Lipinski definition) is 2. The summed E-state index contributed by atoms with van der Waals surface area (Å²) < 4.78 is 6.01. The van der Waals surface area contributed by atoms with Gasteiger partial charge in [-0.25, -0.2) is 0 Å². The topological polar surface area (TPSA) is 47.3 Å². The van der Waals surface area contributed by atoms with Crippen LogP contribution in [0.3, 0.4) is 0 Å². The lowest BCUT2D eigenvalue weighted by atomic mass is 9.86. The molecule has 1 aliphatic rings. The molecular weight excluding hydrogens is 236 g/mol. The average Bonchev–Trinajstić information content (AvgIpc) is 2.44. The van der Waals surface area contributed by atoms with Gasteiger partial charge in [0.1, 0.15) is 0 Å². The number of aryl methyl sites for hydroxylation is 1. The van der Waals surface area contributed by atoms with Gasteiger partial charge in [-0.3, -0.25) is 0 Å². The van der Waals surface area contributed by atoms with E-state index in [-0.39, 0.29) is 5.60 Å². The van der Waals surface area contributed by atoms with Crippen molar-refractivity contribution >= 4 is 11.4 Å². The van der Waals surface area contributed by atoms with E-state index in [1.54, 1.807) is 0 Å². The summed E-state index contributed by atoms with van der Waals surface area (Å²) in [5.41, 5.74) is 9.25. The van der Waals surface area contributed by atoms with E-state index in [9.17, 15) is 0 Å². The van der Waals surface area contributed by atoms with Crippen LogP contribution in [0.15, 0.2) is 18.2 Å². The summed E-state index contributed by atoms with van der Waals surface area (Å²) in [4.78, 5) is 0. The Hall–Kier alpha value is -1.22. The first kappa shape index (κ1) is 14.2. The van der Waals surface area contributed by atoms with Crippen LogP contribution in [0.2, 0.25) is 0 Å². The summed E-state index contributed by atoms with van der Waals surface area (Å²) in [5.74, 6) is 0. The van der Waals surface area contributed by atoms with E-state index in [4.69, 9.17) is 10.5 Å². The molecule has 1 aliphatic heterocycles. The van der Waals surface area contributed by atoms with Gasteiger partial charge in [-0.2, -0.15) is 0 Å². The molecule has 19 heavy (non-hydrogen) atoms. The molecule has 106 valence electrons. The van der Waals surface area contributed by atoms with Gasteiger partial charge in [-0.05, 0) is 44.2 Å². The molecule has 0 bridgehead atoms. The summed E-state index contributed by atoms with van der Waals surface area (Å²) in [6, 6.07) is 6.63. The Morgan fingerprint density at radius 3 is 2.79 bits per heavy atom. The van der Waals surface area contributed by atoms with Crippen molar-refractivity contribution in [2.45, 2.75) is 58.1 Å². The molecule has 0 amide bonds. The molecule has 3 N–H and O–H groups in total. The molecule has 1 saturated heterocycles. The standard InChI is InChI=1S/C16H26N2O/c1-4-16(5-2)11-13(9-10-19-16)18-14-8-6-7-12(3)15(14)17/h6-8,13,18H,4-5,9-11,17H2,1-3H3. The number of para-hydroxylation sites is 1. The third-order valence-electron chi connectivity index (χ3n) is 4.47. The molecule has 1 atom stereocenters. The number of ether oxygens (including phenoxy) is 1. The maximum Gasteiger partial charge on any atom is 0.0696 e. The molecule has 1 aromatic carbocycles. The molecule has 0 aliphatic carbocycles. The Morgan fingerprint density at radius 2 is 2.11 bits per heavy atom. The Kier molecular flexibility index (Phi) is 4.35. The molecule has 1 unspecified atom stereocenters. The highest BCUT2D eigenvalue weighted by molar-refractivity contribution is 5.69. The van der Waals surface area contributed by atoms with E-state index in [1.807, 2.05) is 13.0 Å². The van der Waals surface area contributed by atoms with Crippen molar-refractivity contribution in [2.24, 2.45) is 0 Å². The number of hydrogen-bond acceptors (Lipinski definition) is 3. The van der Waals surface area contributed by atoms with Gasteiger partial charge >= 0.3 is 0 Å². The molecule has 0 spiro atoms. The lowest BCUT2D eigenvalue weighted by Crippen LogP contribution is -2.43. The van der Waals surface area contributed by atoms with E-state index in [1.165, 1.54) is 0 Å². The number of anilines is 2. The molecular formula is C16H26N2O. The molecule has 0 aromatic heterocycles. The van der Waals surface area contributed by atoms with Crippen LogP contribution in [-0.2, 0) is 4.74 Å². The largest absolute Gasteiger partial charge is 0.397 e. The number of nitrogen functional groups attached to an aromatic ring is 1. The quantitative estimate of drug-likeness (QED) is 0.813. The first-order chi connectivity index (χ1) is 9.10. The summed E-state index contributed by atoms with van der Waals surface area (Å²) in [5, 5.41) is 3.61. The van der Waals surface area contributed by atoms with Gasteiger partial charge < -0.3 is 15.8 Å². The number of benzene rings is 1. The van der Waals surface area contributed by atoms with Gasteiger partial charge in [-0.1, -0.05) is 26.0 Å². The number of nitrogens with one attached hydrogen (secondary N) is 1. The second-order valence-corrected chi connectivity index (χ2v) is 5.61. The fourth-order valence-electron chi connectivity index (χ4n) is 2.92. The third kappa shape index (κ3) is 3.03. The van der Waals surface area contributed by atoms with Gasteiger partial charge in [0.2, 0.25) is 0 Å². The van der Waals surface area contributed by atoms with E-state index in [2.05, 4.69) is 31.3 Å². The van der Waals surface area contributed by atoms with Crippen LogP contribution in [0.4, 0.5) is 11.4 Å². The Morgan fingerprint density at radius 1 is 1.37 bits per heavy atom. The molecule has 2 rings (SSSR count). The predicted molar refractivity (Wildman–Crippen MR) is 81.5 cm³/mol. The van der Waals surface area contributed by atoms with Gasteiger partial charge in [-0.15, -0.1) is 0 Å². The molecule has 0 saturated carbocycles. The zero-order valence-corrected chi connectivity index (χ0v) is 12.3. The first-order valence-corrected chi connectivity index (χ1v) is 7.36. The fourth-order valence-corrected chi connectivity index (χ4v) is 2.92. The van der Waals surface area contributed by atoms with Crippen LogP contribution >= 0.6 is 0 Å². The summed E-state index contributed by atoms with van der Waals surface area (Å²) in [6.07, 6.45) is 4.26. The van der Waals surface area contributed by atoms with Crippen molar-refractivity contribution in [3.63, 3.8) is 0 Å². The smallest absolute Gasteiger partial charge is 0.0696 e. The van der Waals surface area contributed by atoms with Crippen LogP contribution < -0.4 is 11.1 Å². The number of nitrogens with two attached hydrogens (primary N) is 1. The predicted octanol–water partition coefficient (Wildman–Crippen LogP) is 3.73. The highest BCUT2D eigenvalue weighted by atomic mass is 16.5. The molecule has 0 radical (unpaired) electrons. The van der Waals surface area contributed by atoms with E-state index < -0.39 is 0 Å². The van der Waals surface area contributed by atoms with Crippen molar-refractivity contribution in [1.82, 2.24) is 0 Å². The van der Waals surface area contributed by atoms with Crippen molar-refractivity contribution in [3.05, 3.63) is 23.8 Å². The maximum atomic E-state index is 6.14. The van der Waals surface area contributed by atoms with Crippen LogP contribution in [0.1, 0.15) is 45.1 Å². The van der Waals surface area contributed by atoms with Gasteiger partial charge in [0.05, 0.1) is 17.0 Å². The van der Waals surface area contributed by atoms with E-state index in [0.717, 1.165) is 49.2 Å². The Labute approximate surface area is 116 Å². The molecule has 1 aromatic rings. The summed E-state index contributed by atoms with van der Waals surface area (Å²) in [6.45, 7) is 7.32. The average molecular weight is 262 g/mol. The van der Waals surface area contributed by atoms with Crippen LogP contribution in [0.5, 0.6) is 0 Å². The fraction of sp³-hybridized carbons (Fsp3) is 0.625. The van der Waals surface area contributed by atoms with Crippen LogP contribution in [0.25, 0.3) is 0 Å². The van der Waals surface area contributed by atoms with Crippen molar-refractivity contribution in [2.75, 3.05) is 17.7 Å².